The zero-order valence-corrected chi connectivity index (χ0v) is 18.1. The number of aromatic nitrogens is 2. The van der Waals surface area contributed by atoms with Crippen LogP contribution in [0, 0.1) is 19.8 Å². The summed E-state index contributed by atoms with van der Waals surface area (Å²) in [6, 6.07) is 8.79. The Balaban J connectivity index is 1.79. The monoisotopic (exact) mass is 434 g/mol. The summed E-state index contributed by atoms with van der Waals surface area (Å²) in [5, 5.41) is 6.71. The molecule has 2 N–H and O–H groups in total. The van der Waals surface area contributed by atoms with Crippen LogP contribution in [0.2, 0.25) is 0 Å². The topological polar surface area (TPSA) is 114 Å². The summed E-state index contributed by atoms with van der Waals surface area (Å²) in [5.41, 5.74) is 0.585. The van der Waals surface area contributed by atoms with Crippen LogP contribution in [0.25, 0.3) is 10.7 Å². The van der Waals surface area contributed by atoms with E-state index in [0.717, 1.165) is 9.75 Å². The van der Waals surface area contributed by atoms with Gasteiger partial charge in [-0.3, -0.25) is 4.79 Å². The highest BCUT2D eigenvalue weighted by molar-refractivity contribution is 7.89. The van der Waals surface area contributed by atoms with Gasteiger partial charge in [-0.25, -0.2) is 8.42 Å². The molecule has 1 aromatic carbocycles. The van der Waals surface area contributed by atoms with Crippen LogP contribution in [0.3, 0.4) is 0 Å². The van der Waals surface area contributed by atoms with Crippen molar-refractivity contribution in [1.82, 2.24) is 14.9 Å². The van der Waals surface area contributed by atoms with E-state index in [4.69, 9.17) is 4.52 Å². The molecule has 1 amide bonds. The third-order valence-electron chi connectivity index (χ3n) is 4.21. The van der Waals surface area contributed by atoms with E-state index in [0.29, 0.717) is 17.4 Å². The van der Waals surface area contributed by atoms with Gasteiger partial charge in [0.1, 0.15) is 6.04 Å². The molecule has 0 radical (unpaired) electrons. The molecule has 8 nitrogen and oxygen atoms in total. The maximum atomic E-state index is 12.9. The molecule has 2 heterocycles. The Morgan fingerprint density at radius 2 is 1.86 bits per heavy atom. The third-order valence-corrected chi connectivity index (χ3v) is 6.71. The van der Waals surface area contributed by atoms with Crippen LogP contribution in [0.15, 0.2) is 45.8 Å². The highest BCUT2D eigenvalue weighted by Crippen LogP contribution is 2.33. The zero-order valence-electron chi connectivity index (χ0n) is 16.5. The number of benzene rings is 1. The van der Waals surface area contributed by atoms with Crippen molar-refractivity contribution < 1.29 is 17.7 Å². The molecule has 0 aliphatic heterocycles. The molecule has 0 fully saturated rings. The molecule has 10 heteroatoms. The average molecular weight is 435 g/mol. The summed E-state index contributed by atoms with van der Waals surface area (Å²) in [5.74, 6) is 0.205. The lowest BCUT2D eigenvalue weighted by molar-refractivity contribution is -0.118. The van der Waals surface area contributed by atoms with E-state index in [2.05, 4.69) is 20.2 Å². The Morgan fingerprint density at radius 1 is 1.17 bits per heavy atom. The van der Waals surface area contributed by atoms with E-state index in [-0.39, 0.29) is 10.8 Å². The maximum absolute atomic E-state index is 12.9. The van der Waals surface area contributed by atoms with Crippen molar-refractivity contribution in [3.05, 3.63) is 47.2 Å². The Kier molecular flexibility index (Phi) is 6.15. The second kappa shape index (κ2) is 8.44. The quantitative estimate of drug-likeness (QED) is 0.589. The molecule has 29 heavy (non-hydrogen) atoms. The number of amides is 1. The lowest BCUT2D eigenvalue weighted by Gasteiger charge is -2.21. The predicted octanol–water partition coefficient (Wildman–Crippen LogP) is 3.36. The minimum Gasteiger partial charge on any atom is -0.339 e. The second-order valence-electron chi connectivity index (χ2n) is 6.86. The van der Waals surface area contributed by atoms with Gasteiger partial charge >= 0.3 is 0 Å². The molecular weight excluding hydrogens is 412 g/mol. The maximum Gasteiger partial charge on any atom is 0.242 e. The first-order valence-corrected chi connectivity index (χ1v) is 11.3. The molecule has 0 spiro atoms. The molecule has 0 aliphatic carbocycles. The fourth-order valence-electron chi connectivity index (χ4n) is 2.65. The van der Waals surface area contributed by atoms with Crippen molar-refractivity contribution in [3.63, 3.8) is 0 Å². The predicted molar refractivity (Wildman–Crippen MR) is 111 cm³/mol. The molecule has 0 aliphatic rings. The standard InChI is InChI=1S/C19H22N4O4S2/c1-11(2)17(23-29(25,26)14-8-6-5-7-9-14)19(24)21-15-10-16(28-12(15)3)18-20-13(4)27-22-18/h5-11,17,23H,1-4H3,(H,21,24). The van der Waals surface area contributed by atoms with Crippen molar-refractivity contribution in [2.45, 2.75) is 38.6 Å². The SMILES string of the molecule is Cc1nc(-c2cc(NC(=O)C(NS(=O)(=O)c3ccccc3)C(C)C)c(C)s2)no1. The van der Waals surface area contributed by atoms with E-state index in [9.17, 15) is 13.2 Å². The zero-order chi connectivity index (χ0) is 21.2. The summed E-state index contributed by atoms with van der Waals surface area (Å²) in [6.45, 7) is 7.12. The molecule has 3 rings (SSSR count). The number of thiophene rings is 1. The summed E-state index contributed by atoms with van der Waals surface area (Å²) >= 11 is 1.41. The normalized spacial score (nSPS) is 12.9. The molecule has 0 saturated carbocycles. The van der Waals surface area contributed by atoms with Crippen LogP contribution in [0.4, 0.5) is 5.69 Å². The number of carbonyl (C=O) groups excluding carboxylic acids is 1. The van der Waals surface area contributed by atoms with Crippen LogP contribution in [-0.4, -0.2) is 30.5 Å². The summed E-state index contributed by atoms with van der Waals surface area (Å²) in [6.07, 6.45) is 0. The number of nitrogens with one attached hydrogen (secondary N) is 2. The Bertz CT molecular complexity index is 1100. The number of nitrogens with zero attached hydrogens (tertiary/aromatic N) is 2. The van der Waals surface area contributed by atoms with Crippen LogP contribution in [-0.2, 0) is 14.8 Å². The van der Waals surface area contributed by atoms with Crippen molar-refractivity contribution >= 4 is 33.0 Å². The smallest absolute Gasteiger partial charge is 0.242 e. The Morgan fingerprint density at radius 3 is 2.45 bits per heavy atom. The fraction of sp³-hybridized carbons (Fsp3) is 0.316. The van der Waals surface area contributed by atoms with E-state index in [1.807, 2.05) is 6.92 Å². The van der Waals surface area contributed by atoms with Crippen LogP contribution in [0.1, 0.15) is 24.6 Å². The molecular formula is C19H22N4O4S2. The number of rotatable bonds is 7. The highest BCUT2D eigenvalue weighted by atomic mass is 32.2. The third kappa shape index (κ3) is 4.89. The van der Waals surface area contributed by atoms with Gasteiger partial charge in [0.2, 0.25) is 27.6 Å². The van der Waals surface area contributed by atoms with Gasteiger partial charge in [-0.2, -0.15) is 9.71 Å². The number of hydrogen-bond donors (Lipinski definition) is 2. The van der Waals surface area contributed by atoms with Gasteiger partial charge < -0.3 is 9.84 Å². The molecule has 1 atom stereocenters. The summed E-state index contributed by atoms with van der Waals surface area (Å²) in [7, 11) is -3.83. The van der Waals surface area contributed by atoms with Gasteiger partial charge in [-0.1, -0.05) is 37.2 Å². The highest BCUT2D eigenvalue weighted by Gasteiger charge is 2.29. The number of aryl methyl sites for hydroxylation is 2. The van der Waals surface area contributed by atoms with Gasteiger partial charge in [0, 0.05) is 11.8 Å². The fourth-order valence-corrected chi connectivity index (χ4v) is 4.92. The van der Waals surface area contributed by atoms with Gasteiger partial charge in [-0.15, -0.1) is 11.3 Å². The number of hydrogen-bond acceptors (Lipinski definition) is 7. The van der Waals surface area contributed by atoms with E-state index in [1.54, 1.807) is 45.0 Å². The van der Waals surface area contributed by atoms with Gasteiger partial charge in [0.25, 0.3) is 0 Å². The molecule has 0 saturated heterocycles. The minimum atomic E-state index is -3.83. The van der Waals surface area contributed by atoms with Crippen molar-refractivity contribution in [2.24, 2.45) is 5.92 Å². The first kappa shape index (κ1) is 21.2. The van der Waals surface area contributed by atoms with Gasteiger partial charge in [0.05, 0.1) is 15.5 Å². The number of carbonyl (C=O) groups is 1. The minimum absolute atomic E-state index is 0.111. The van der Waals surface area contributed by atoms with Crippen molar-refractivity contribution in [2.75, 3.05) is 5.32 Å². The second-order valence-corrected chi connectivity index (χ2v) is 9.83. The van der Waals surface area contributed by atoms with Crippen LogP contribution in [0.5, 0.6) is 0 Å². The van der Waals surface area contributed by atoms with Crippen LogP contribution >= 0.6 is 11.3 Å². The largest absolute Gasteiger partial charge is 0.339 e. The first-order valence-electron chi connectivity index (χ1n) is 8.96. The molecule has 1 unspecified atom stereocenters. The number of anilines is 1. The Labute approximate surface area is 173 Å². The Hall–Kier alpha value is -2.56. The molecule has 3 aromatic rings. The van der Waals surface area contributed by atoms with E-state index >= 15 is 0 Å². The average Bonchev–Trinajstić information content (AvgIpc) is 3.26. The first-order chi connectivity index (χ1) is 13.7. The summed E-state index contributed by atoms with van der Waals surface area (Å²) < 4.78 is 32.8. The molecule has 154 valence electrons. The lowest BCUT2D eigenvalue weighted by atomic mass is 10.0. The van der Waals surface area contributed by atoms with Crippen molar-refractivity contribution in [1.29, 1.82) is 0 Å². The van der Waals surface area contributed by atoms with Crippen molar-refractivity contribution in [3.8, 4) is 10.7 Å². The number of sulfonamides is 1. The van der Waals surface area contributed by atoms with Gasteiger partial charge in [0.15, 0.2) is 0 Å². The lowest BCUT2D eigenvalue weighted by Crippen LogP contribution is -2.47. The molecule has 2 aromatic heterocycles. The van der Waals surface area contributed by atoms with Crippen LogP contribution < -0.4 is 10.0 Å². The molecule has 0 bridgehead atoms. The van der Waals surface area contributed by atoms with E-state index in [1.165, 1.54) is 23.5 Å². The summed E-state index contributed by atoms with van der Waals surface area (Å²) in [4.78, 5) is 18.8. The van der Waals surface area contributed by atoms with E-state index < -0.39 is 22.0 Å². The van der Waals surface area contributed by atoms with Gasteiger partial charge in [-0.05, 0) is 31.0 Å².